The maximum absolute atomic E-state index is 12.3. The molecule has 1 amide bonds. The van der Waals surface area contributed by atoms with E-state index >= 15 is 0 Å². The van der Waals surface area contributed by atoms with Crippen LogP contribution in [0.4, 0.5) is 0 Å². The van der Waals surface area contributed by atoms with Crippen molar-refractivity contribution >= 4 is 5.91 Å². The maximum Gasteiger partial charge on any atom is 0.220 e. The van der Waals surface area contributed by atoms with Gasteiger partial charge in [-0.05, 0) is 64.2 Å². The largest absolute Gasteiger partial charge is 0.394 e. The number of unbranched alkanes of at least 4 members (excludes halogenated alkanes) is 25. The molecule has 0 radical (unpaired) electrons. The Balaban J connectivity index is 3.55. The predicted molar refractivity (Wildman–Crippen MR) is 204 cm³/mol. The molecule has 5 heteroatoms. The fourth-order valence-corrected chi connectivity index (χ4v) is 6.27. The van der Waals surface area contributed by atoms with Crippen molar-refractivity contribution in [2.24, 2.45) is 0 Å². The topological polar surface area (TPSA) is 89.8 Å². The molecule has 0 aliphatic rings. The lowest BCUT2D eigenvalue weighted by molar-refractivity contribution is -0.124. The van der Waals surface area contributed by atoms with Crippen molar-refractivity contribution in [3.05, 3.63) is 24.3 Å². The molecule has 3 atom stereocenters. The number of allylic oxidation sites excluding steroid dienone is 4. The number of nitrogens with one attached hydrogen (secondary N) is 1. The minimum absolute atomic E-state index is 0.159. The van der Waals surface area contributed by atoms with E-state index in [2.05, 4.69) is 43.5 Å². The average Bonchev–Trinajstić information content (AvgIpc) is 3.07. The van der Waals surface area contributed by atoms with Crippen LogP contribution in [0.25, 0.3) is 0 Å². The number of aliphatic hydroxyl groups excluding tert-OH is 3. The number of aliphatic hydroxyl groups is 3. The van der Waals surface area contributed by atoms with Gasteiger partial charge in [0.2, 0.25) is 5.91 Å². The predicted octanol–water partition coefficient (Wildman–Crippen LogP) is 11.4. The van der Waals surface area contributed by atoms with Crippen molar-refractivity contribution in [3.63, 3.8) is 0 Å². The van der Waals surface area contributed by atoms with Crippen molar-refractivity contribution < 1.29 is 20.1 Å². The van der Waals surface area contributed by atoms with Crippen molar-refractivity contribution in [2.75, 3.05) is 6.61 Å². The number of carbonyl (C=O) groups is 1. The van der Waals surface area contributed by atoms with E-state index in [1.807, 2.05) is 0 Å². The van der Waals surface area contributed by atoms with Gasteiger partial charge in [0.1, 0.15) is 6.10 Å². The number of rotatable bonds is 37. The molecular weight excluding hydrogens is 582 g/mol. The molecule has 0 saturated heterocycles. The van der Waals surface area contributed by atoms with Crippen LogP contribution in [0.15, 0.2) is 24.3 Å². The van der Waals surface area contributed by atoms with Gasteiger partial charge in [-0.15, -0.1) is 0 Å². The van der Waals surface area contributed by atoms with E-state index < -0.39 is 18.2 Å². The van der Waals surface area contributed by atoms with Crippen LogP contribution < -0.4 is 5.32 Å². The third-order valence-corrected chi connectivity index (χ3v) is 9.53. The maximum atomic E-state index is 12.3. The van der Waals surface area contributed by atoms with E-state index in [-0.39, 0.29) is 12.5 Å². The number of hydrogen-bond donors (Lipinski definition) is 4. The molecule has 3 unspecified atom stereocenters. The molecule has 0 aromatic carbocycles. The second kappa shape index (κ2) is 37.6. The minimum Gasteiger partial charge on any atom is -0.394 e. The third kappa shape index (κ3) is 33.1. The third-order valence-electron chi connectivity index (χ3n) is 9.53. The van der Waals surface area contributed by atoms with Crippen LogP contribution in [0.1, 0.15) is 213 Å². The zero-order valence-corrected chi connectivity index (χ0v) is 31.4. The summed E-state index contributed by atoms with van der Waals surface area (Å²) in [6.45, 7) is 4.11. The smallest absolute Gasteiger partial charge is 0.220 e. The summed E-state index contributed by atoms with van der Waals surface area (Å²) in [6, 6.07) is -0.822. The Morgan fingerprint density at radius 2 is 0.851 bits per heavy atom. The van der Waals surface area contributed by atoms with E-state index in [0.717, 1.165) is 38.5 Å². The van der Waals surface area contributed by atoms with Gasteiger partial charge in [0.25, 0.3) is 0 Å². The molecule has 0 aromatic rings. The summed E-state index contributed by atoms with van der Waals surface area (Å²) >= 11 is 0. The van der Waals surface area contributed by atoms with Gasteiger partial charge in [-0.2, -0.15) is 0 Å². The van der Waals surface area contributed by atoms with Crippen LogP contribution >= 0.6 is 0 Å². The first kappa shape index (κ1) is 45.8. The van der Waals surface area contributed by atoms with Crippen molar-refractivity contribution in [3.8, 4) is 0 Å². The van der Waals surface area contributed by atoms with Gasteiger partial charge in [-0.1, -0.05) is 167 Å². The van der Waals surface area contributed by atoms with Crippen LogP contribution in [0.3, 0.4) is 0 Å². The molecule has 278 valence electrons. The first-order valence-electron chi connectivity index (χ1n) is 20.6. The first-order valence-corrected chi connectivity index (χ1v) is 20.6. The van der Waals surface area contributed by atoms with Crippen molar-refractivity contribution in [2.45, 2.75) is 231 Å². The Labute approximate surface area is 292 Å². The summed E-state index contributed by atoms with van der Waals surface area (Å²) in [5.74, 6) is -0.159. The molecule has 0 saturated carbocycles. The molecule has 0 bridgehead atoms. The molecule has 0 rings (SSSR count). The van der Waals surface area contributed by atoms with Crippen LogP contribution in [-0.2, 0) is 4.79 Å². The fourth-order valence-electron chi connectivity index (χ4n) is 6.27. The molecule has 0 aliphatic heterocycles. The molecule has 5 nitrogen and oxygen atoms in total. The van der Waals surface area contributed by atoms with Gasteiger partial charge in [0.05, 0.1) is 18.8 Å². The molecule has 4 N–H and O–H groups in total. The highest BCUT2D eigenvalue weighted by Crippen LogP contribution is 2.15. The molecule has 0 spiro atoms. The van der Waals surface area contributed by atoms with Crippen LogP contribution in [0.5, 0.6) is 0 Å². The lowest BCUT2D eigenvalue weighted by atomic mass is 10.0. The Bertz CT molecular complexity index is 694. The summed E-state index contributed by atoms with van der Waals surface area (Å²) in [6.07, 6.45) is 44.5. The van der Waals surface area contributed by atoms with E-state index in [4.69, 9.17) is 0 Å². The second-order valence-electron chi connectivity index (χ2n) is 14.2. The summed E-state index contributed by atoms with van der Waals surface area (Å²) in [5.41, 5.74) is 0. The molecular formula is C42H81NO4. The van der Waals surface area contributed by atoms with Gasteiger partial charge >= 0.3 is 0 Å². The number of amides is 1. The Kier molecular flexibility index (Phi) is 36.7. The van der Waals surface area contributed by atoms with Crippen LogP contribution in [0, 0.1) is 0 Å². The van der Waals surface area contributed by atoms with Gasteiger partial charge in [0, 0.05) is 6.42 Å². The average molecular weight is 664 g/mol. The zero-order chi connectivity index (χ0) is 34.5. The molecule has 0 aliphatic carbocycles. The summed E-state index contributed by atoms with van der Waals surface area (Å²) in [5, 5.41) is 33.2. The van der Waals surface area contributed by atoms with Gasteiger partial charge in [-0.3, -0.25) is 4.79 Å². The van der Waals surface area contributed by atoms with Crippen LogP contribution in [-0.4, -0.2) is 46.1 Å². The first-order chi connectivity index (χ1) is 23.1. The number of carbonyl (C=O) groups excluding carboxylic acids is 1. The van der Waals surface area contributed by atoms with Crippen molar-refractivity contribution in [1.29, 1.82) is 0 Å². The minimum atomic E-state index is -1.16. The van der Waals surface area contributed by atoms with Crippen molar-refractivity contribution in [1.82, 2.24) is 5.32 Å². The number of hydrogen-bond acceptors (Lipinski definition) is 4. The van der Waals surface area contributed by atoms with Gasteiger partial charge in [-0.25, -0.2) is 0 Å². The highest BCUT2D eigenvalue weighted by Gasteiger charge is 2.26. The van der Waals surface area contributed by atoms with E-state index in [1.165, 1.54) is 148 Å². The van der Waals surface area contributed by atoms with Gasteiger partial charge < -0.3 is 20.6 Å². The van der Waals surface area contributed by atoms with Crippen LogP contribution in [0.2, 0.25) is 0 Å². The lowest BCUT2D eigenvalue weighted by Crippen LogP contribution is -2.50. The molecule has 0 fully saturated rings. The van der Waals surface area contributed by atoms with E-state index in [9.17, 15) is 20.1 Å². The molecule has 0 heterocycles. The Morgan fingerprint density at radius 1 is 0.511 bits per heavy atom. The zero-order valence-electron chi connectivity index (χ0n) is 31.4. The SMILES string of the molecule is CCCCC/C=C/CCCC(O)C(O)C(CO)NC(=O)CCCCCCCCCCC/C=C\CCCCCCCCCCCCCC. The van der Waals surface area contributed by atoms with E-state index in [1.54, 1.807) is 0 Å². The highest BCUT2D eigenvalue weighted by atomic mass is 16.3. The fraction of sp³-hybridized carbons (Fsp3) is 0.881. The lowest BCUT2D eigenvalue weighted by Gasteiger charge is -2.26. The van der Waals surface area contributed by atoms with E-state index in [0.29, 0.717) is 12.8 Å². The normalized spacial score (nSPS) is 13.9. The molecule has 0 aromatic heterocycles. The Hall–Kier alpha value is -1.17. The monoisotopic (exact) mass is 664 g/mol. The standard InChI is InChI=1S/C42H81NO4/c1-3-5-7-9-11-13-14-15-16-17-18-19-20-21-22-23-24-25-26-27-28-29-31-33-35-37-41(46)43-39(38-44)42(47)40(45)36-34-32-30-12-10-8-6-4-2/h12,21-22,30,39-40,42,44-45,47H,3-11,13-20,23-29,31-38H2,1-2H3,(H,43,46)/b22-21-,30-12+. The quantitative estimate of drug-likeness (QED) is 0.0393. The van der Waals surface area contributed by atoms with Gasteiger partial charge in [0.15, 0.2) is 0 Å². The summed E-state index contributed by atoms with van der Waals surface area (Å²) in [7, 11) is 0. The molecule has 47 heavy (non-hydrogen) atoms. The highest BCUT2D eigenvalue weighted by molar-refractivity contribution is 5.76. The second-order valence-corrected chi connectivity index (χ2v) is 14.2. The summed E-state index contributed by atoms with van der Waals surface area (Å²) < 4.78 is 0. The summed E-state index contributed by atoms with van der Waals surface area (Å²) in [4.78, 5) is 12.3. The Morgan fingerprint density at radius 3 is 1.28 bits per heavy atom.